The molecule has 0 fully saturated rings. The Bertz CT molecular complexity index is 532. The number of hydrogen-bond acceptors (Lipinski definition) is 5. The number of rotatable bonds is 3. The normalized spacial score (nSPS) is 9.65. The van der Waals surface area contributed by atoms with E-state index >= 15 is 0 Å². The molecule has 0 aliphatic carbocycles. The molecule has 0 spiro atoms. The zero-order chi connectivity index (χ0) is 12.1. The molecule has 84 valence electrons. The van der Waals surface area contributed by atoms with Crippen LogP contribution in [0, 0.1) is 11.3 Å². The number of aromatic nitrogens is 3. The van der Waals surface area contributed by atoms with Gasteiger partial charge in [-0.15, -0.1) is 0 Å². The number of nitrogens with zero attached hydrogens (tertiary/aromatic N) is 5. The van der Waals surface area contributed by atoms with Crippen molar-refractivity contribution >= 4 is 5.82 Å². The van der Waals surface area contributed by atoms with Gasteiger partial charge in [0.25, 0.3) is 0 Å². The van der Waals surface area contributed by atoms with Crippen molar-refractivity contribution in [3.8, 4) is 6.07 Å². The maximum atomic E-state index is 8.76. The fourth-order valence-corrected chi connectivity index (χ4v) is 1.43. The monoisotopic (exact) mass is 225 g/mol. The van der Waals surface area contributed by atoms with Crippen LogP contribution < -0.4 is 4.90 Å². The smallest absolute Gasteiger partial charge is 0.145 e. The minimum atomic E-state index is 0.364. The van der Waals surface area contributed by atoms with E-state index in [0.29, 0.717) is 18.1 Å². The van der Waals surface area contributed by atoms with Gasteiger partial charge in [0.15, 0.2) is 0 Å². The van der Waals surface area contributed by atoms with Gasteiger partial charge in [0, 0.05) is 19.3 Å². The van der Waals surface area contributed by atoms with E-state index in [1.54, 1.807) is 12.3 Å². The van der Waals surface area contributed by atoms with Crippen LogP contribution in [0.1, 0.15) is 11.4 Å². The summed E-state index contributed by atoms with van der Waals surface area (Å²) in [6.45, 7) is 0.642. The van der Waals surface area contributed by atoms with Crippen LogP contribution in [0.4, 0.5) is 5.82 Å². The lowest BCUT2D eigenvalue weighted by Gasteiger charge is -2.17. The topological polar surface area (TPSA) is 65.7 Å². The molecule has 2 aromatic heterocycles. The maximum Gasteiger partial charge on any atom is 0.145 e. The summed E-state index contributed by atoms with van der Waals surface area (Å²) in [6, 6.07) is 9.41. The molecule has 2 aromatic rings. The van der Waals surface area contributed by atoms with E-state index in [-0.39, 0.29) is 0 Å². The molecule has 5 nitrogen and oxygen atoms in total. The minimum Gasteiger partial charge on any atom is -0.354 e. The first kappa shape index (κ1) is 11.0. The quantitative estimate of drug-likeness (QED) is 0.789. The van der Waals surface area contributed by atoms with Crippen molar-refractivity contribution in [2.24, 2.45) is 0 Å². The first-order valence-electron chi connectivity index (χ1n) is 5.13. The summed E-state index contributed by atoms with van der Waals surface area (Å²) >= 11 is 0. The predicted octanol–water partition coefficient (Wildman–Crippen LogP) is 1.38. The van der Waals surface area contributed by atoms with E-state index in [9.17, 15) is 0 Å². The van der Waals surface area contributed by atoms with Gasteiger partial charge in [-0.05, 0) is 12.1 Å². The molecule has 0 saturated carbocycles. The highest BCUT2D eigenvalue weighted by molar-refractivity contribution is 5.41. The van der Waals surface area contributed by atoms with Gasteiger partial charge in [-0.25, -0.2) is 9.97 Å². The lowest BCUT2D eigenvalue weighted by molar-refractivity contribution is 0.860. The molecule has 0 N–H and O–H groups in total. The summed E-state index contributed by atoms with van der Waals surface area (Å²) in [5.41, 5.74) is 1.31. The molecule has 0 saturated heterocycles. The first-order valence-corrected chi connectivity index (χ1v) is 5.13. The number of hydrogen-bond donors (Lipinski definition) is 0. The van der Waals surface area contributed by atoms with E-state index in [2.05, 4.69) is 15.0 Å². The van der Waals surface area contributed by atoms with Crippen molar-refractivity contribution in [3.63, 3.8) is 0 Å². The number of nitriles is 1. The molecular weight excluding hydrogens is 214 g/mol. The summed E-state index contributed by atoms with van der Waals surface area (Å²) in [7, 11) is 1.90. The maximum absolute atomic E-state index is 8.76. The second-order valence-electron chi connectivity index (χ2n) is 3.55. The van der Waals surface area contributed by atoms with Crippen LogP contribution in [0.3, 0.4) is 0 Å². The highest BCUT2D eigenvalue weighted by Crippen LogP contribution is 2.11. The van der Waals surface area contributed by atoms with Crippen LogP contribution in [0.5, 0.6) is 0 Å². The van der Waals surface area contributed by atoms with Gasteiger partial charge < -0.3 is 4.90 Å². The molecule has 17 heavy (non-hydrogen) atoms. The molecule has 0 unspecified atom stereocenters. The number of anilines is 1. The van der Waals surface area contributed by atoms with E-state index in [1.165, 1.54) is 6.33 Å². The molecule has 0 bridgehead atoms. The van der Waals surface area contributed by atoms with Crippen molar-refractivity contribution in [2.75, 3.05) is 11.9 Å². The van der Waals surface area contributed by atoms with Gasteiger partial charge in [0.1, 0.15) is 23.9 Å². The Kier molecular flexibility index (Phi) is 3.26. The van der Waals surface area contributed by atoms with Crippen LogP contribution >= 0.6 is 0 Å². The average Bonchev–Trinajstić information content (AvgIpc) is 2.40. The largest absolute Gasteiger partial charge is 0.354 e. The zero-order valence-electron chi connectivity index (χ0n) is 9.41. The standard InChI is InChI=1S/C12H11N5/c1-17(8-10-4-2-3-5-14-10)12-6-11(7-13)15-9-16-12/h2-6,9H,8H2,1H3. The lowest BCUT2D eigenvalue weighted by atomic mass is 10.3. The molecule has 2 rings (SSSR count). The molecule has 0 atom stereocenters. The van der Waals surface area contributed by atoms with Crippen LogP contribution in [-0.2, 0) is 6.54 Å². The van der Waals surface area contributed by atoms with E-state index in [1.807, 2.05) is 36.2 Å². The van der Waals surface area contributed by atoms with E-state index < -0.39 is 0 Å². The summed E-state index contributed by atoms with van der Waals surface area (Å²) in [5, 5.41) is 8.76. The Labute approximate surface area is 99.4 Å². The van der Waals surface area contributed by atoms with Crippen molar-refractivity contribution in [1.82, 2.24) is 15.0 Å². The first-order chi connectivity index (χ1) is 8.29. The fourth-order valence-electron chi connectivity index (χ4n) is 1.43. The van der Waals surface area contributed by atoms with Gasteiger partial charge in [0.2, 0.25) is 0 Å². The van der Waals surface area contributed by atoms with Crippen LogP contribution in [0.15, 0.2) is 36.8 Å². The molecular formula is C12H11N5. The average molecular weight is 225 g/mol. The Hall–Kier alpha value is -2.48. The fraction of sp³-hybridized carbons (Fsp3) is 0.167. The highest BCUT2D eigenvalue weighted by Gasteiger charge is 2.05. The molecule has 0 aliphatic heterocycles. The van der Waals surface area contributed by atoms with Crippen LogP contribution in [0.25, 0.3) is 0 Å². The van der Waals surface area contributed by atoms with Gasteiger partial charge in [-0.1, -0.05) is 6.07 Å². The zero-order valence-corrected chi connectivity index (χ0v) is 9.41. The van der Waals surface area contributed by atoms with E-state index in [0.717, 1.165) is 5.69 Å². The predicted molar refractivity (Wildman–Crippen MR) is 63.1 cm³/mol. The third-order valence-electron chi connectivity index (χ3n) is 2.28. The SMILES string of the molecule is CN(Cc1ccccn1)c1cc(C#N)ncn1. The Morgan fingerprint density at radius 1 is 1.29 bits per heavy atom. The molecule has 5 heteroatoms. The molecule has 0 aliphatic rings. The Morgan fingerprint density at radius 3 is 2.88 bits per heavy atom. The van der Waals surface area contributed by atoms with Crippen LogP contribution in [-0.4, -0.2) is 22.0 Å². The Balaban J connectivity index is 2.15. The highest BCUT2D eigenvalue weighted by atomic mass is 15.2. The summed E-state index contributed by atoms with van der Waals surface area (Å²) < 4.78 is 0. The molecule has 0 radical (unpaired) electrons. The van der Waals surface area contributed by atoms with Gasteiger partial charge >= 0.3 is 0 Å². The summed E-state index contributed by atoms with van der Waals surface area (Å²) in [4.78, 5) is 14.1. The summed E-state index contributed by atoms with van der Waals surface area (Å²) in [5.74, 6) is 0.710. The van der Waals surface area contributed by atoms with E-state index in [4.69, 9.17) is 5.26 Å². The lowest BCUT2D eigenvalue weighted by Crippen LogP contribution is -2.18. The second-order valence-corrected chi connectivity index (χ2v) is 3.55. The van der Waals surface area contributed by atoms with Crippen molar-refractivity contribution in [3.05, 3.63) is 48.2 Å². The minimum absolute atomic E-state index is 0.364. The van der Waals surface area contributed by atoms with Crippen LogP contribution in [0.2, 0.25) is 0 Å². The second kappa shape index (κ2) is 5.03. The third kappa shape index (κ3) is 2.75. The van der Waals surface area contributed by atoms with Crippen molar-refractivity contribution < 1.29 is 0 Å². The Morgan fingerprint density at radius 2 is 2.18 bits per heavy atom. The molecule has 2 heterocycles. The third-order valence-corrected chi connectivity index (χ3v) is 2.28. The van der Waals surface area contributed by atoms with Crippen molar-refractivity contribution in [2.45, 2.75) is 6.54 Å². The molecule has 0 aromatic carbocycles. The van der Waals surface area contributed by atoms with Gasteiger partial charge in [-0.3, -0.25) is 4.98 Å². The molecule has 0 amide bonds. The number of pyridine rings is 1. The van der Waals surface area contributed by atoms with Gasteiger partial charge in [0.05, 0.1) is 12.2 Å². The summed E-state index contributed by atoms with van der Waals surface area (Å²) in [6.07, 6.45) is 3.15. The van der Waals surface area contributed by atoms with Gasteiger partial charge in [-0.2, -0.15) is 5.26 Å². The van der Waals surface area contributed by atoms with Crippen molar-refractivity contribution in [1.29, 1.82) is 5.26 Å².